The van der Waals surface area contributed by atoms with Gasteiger partial charge in [0.15, 0.2) is 0 Å². The molecule has 1 aromatic rings. The van der Waals surface area contributed by atoms with Gasteiger partial charge in [-0.2, -0.15) is 0 Å². The number of hydrogen-bond acceptors (Lipinski definition) is 6. The van der Waals surface area contributed by atoms with Crippen LogP contribution < -0.4 is 4.74 Å². The monoisotopic (exact) mass is 491 g/mol. The average Bonchev–Trinajstić information content (AvgIpc) is 2.85. The summed E-state index contributed by atoms with van der Waals surface area (Å²) in [5.74, 6) is 0.210. The van der Waals surface area contributed by atoms with Crippen LogP contribution in [0.2, 0.25) is 0 Å². The van der Waals surface area contributed by atoms with Gasteiger partial charge in [-0.1, -0.05) is 70.4 Å². The molecular formula is C28H45NO6. The number of rotatable bonds is 22. The predicted octanol–water partition coefficient (Wildman–Crippen LogP) is 7.31. The Morgan fingerprint density at radius 2 is 1.51 bits per heavy atom. The number of carbonyl (C=O) groups excluding carboxylic acids is 1. The number of ether oxygens (including phenoxy) is 2. The molecule has 0 amide bonds. The van der Waals surface area contributed by atoms with Gasteiger partial charge in [0.2, 0.25) is 0 Å². The van der Waals surface area contributed by atoms with Crippen molar-refractivity contribution in [3.8, 4) is 5.75 Å². The van der Waals surface area contributed by atoms with E-state index in [1.54, 1.807) is 0 Å². The topological polar surface area (TPSA) is 98.9 Å². The summed E-state index contributed by atoms with van der Waals surface area (Å²) in [5.41, 5.74) is -0.00413. The van der Waals surface area contributed by atoms with Gasteiger partial charge in [0.25, 0.3) is 5.69 Å². The van der Waals surface area contributed by atoms with Crippen LogP contribution in [0.5, 0.6) is 5.75 Å². The van der Waals surface area contributed by atoms with E-state index in [4.69, 9.17) is 9.47 Å². The number of nitrogens with zero attached hydrogens (tertiary/aromatic N) is 1. The number of aliphatic hydroxyl groups is 1. The van der Waals surface area contributed by atoms with Crippen LogP contribution in [-0.2, 0) is 9.53 Å². The van der Waals surface area contributed by atoms with E-state index in [1.807, 2.05) is 0 Å². The number of allylic oxidation sites excluding steroid dienone is 2. The van der Waals surface area contributed by atoms with E-state index in [1.165, 1.54) is 82.1 Å². The summed E-state index contributed by atoms with van der Waals surface area (Å²) in [7, 11) is 0. The highest BCUT2D eigenvalue weighted by Gasteiger charge is 2.10. The van der Waals surface area contributed by atoms with E-state index in [0.717, 1.165) is 25.7 Å². The second-order valence-corrected chi connectivity index (χ2v) is 9.06. The lowest BCUT2D eigenvalue weighted by atomic mass is 10.1. The first-order valence-electron chi connectivity index (χ1n) is 13.4. The van der Waals surface area contributed by atoms with Crippen LogP contribution in [-0.4, -0.2) is 35.3 Å². The molecule has 0 aliphatic carbocycles. The van der Waals surface area contributed by atoms with Gasteiger partial charge < -0.3 is 14.6 Å². The van der Waals surface area contributed by atoms with Crippen molar-refractivity contribution >= 4 is 11.7 Å². The molecule has 0 spiro atoms. The lowest BCUT2D eigenvalue weighted by Crippen LogP contribution is -2.21. The third kappa shape index (κ3) is 17.6. The maximum absolute atomic E-state index is 11.8. The molecule has 1 atom stereocenters. The third-order valence-electron chi connectivity index (χ3n) is 5.85. The van der Waals surface area contributed by atoms with Crippen LogP contribution in [0.1, 0.15) is 103 Å². The van der Waals surface area contributed by atoms with E-state index in [-0.39, 0.29) is 24.9 Å². The largest absolute Gasteiger partial charge is 0.493 e. The molecule has 1 unspecified atom stereocenters. The highest BCUT2D eigenvalue weighted by atomic mass is 16.6. The zero-order valence-corrected chi connectivity index (χ0v) is 21.5. The van der Waals surface area contributed by atoms with E-state index < -0.39 is 11.0 Å². The minimum Gasteiger partial charge on any atom is -0.493 e. The van der Waals surface area contributed by atoms with Gasteiger partial charge in [-0.05, 0) is 44.2 Å². The highest BCUT2D eigenvalue weighted by molar-refractivity contribution is 5.69. The quantitative estimate of drug-likeness (QED) is 0.0600. The van der Waals surface area contributed by atoms with E-state index >= 15 is 0 Å². The summed E-state index contributed by atoms with van der Waals surface area (Å²) in [6.45, 7) is 2.43. The summed E-state index contributed by atoms with van der Waals surface area (Å²) in [6, 6.07) is 5.75. The Labute approximate surface area is 211 Å². The highest BCUT2D eigenvalue weighted by Crippen LogP contribution is 2.17. The molecule has 1 N–H and O–H groups in total. The van der Waals surface area contributed by atoms with Crippen LogP contribution in [0.3, 0.4) is 0 Å². The Hall–Kier alpha value is -2.41. The number of unbranched alkanes of at least 4 members (excludes halogenated alkanes) is 11. The van der Waals surface area contributed by atoms with Gasteiger partial charge in [-0.15, -0.1) is 0 Å². The first kappa shape index (κ1) is 30.6. The number of nitro groups is 1. The molecule has 0 aliphatic rings. The van der Waals surface area contributed by atoms with Gasteiger partial charge >= 0.3 is 5.97 Å². The number of carbonyl (C=O) groups is 1. The fraction of sp³-hybridized carbons (Fsp3) is 0.679. The Balaban J connectivity index is 1.91. The summed E-state index contributed by atoms with van der Waals surface area (Å²) < 4.78 is 10.6. The number of aliphatic hydroxyl groups excluding tert-OH is 1. The Bertz CT molecular complexity index is 704. The molecule has 35 heavy (non-hydrogen) atoms. The van der Waals surface area contributed by atoms with Crippen LogP contribution in [0, 0.1) is 10.1 Å². The fourth-order valence-corrected chi connectivity index (χ4v) is 3.66. The van der Waals surface area contributed by atoms with Gasteiger partial charge in [-0.3, -0.25) is 14.9 Å². The summed E-state index contributed by atoms with van der Waals surface area (Å²) in [5, 5.41) is 20.6. The van der Waals surface area contributed by atoms with Crippen molar-refractivity contribution < 1.29 is 24.3 Å². The molecule has 0 saturated carbocycles. The minimum absolute atomic E-state index is 0.00413. The molecule has 0 heterocycles. The van der Waals surface area contributed by atoms with Crippen LogP contribution in [0.25, 0.3) is 0 Å². The van der Waals surface area contributed by atoms with Crippen LogP contribution in [0.4, 0.5) is 5.69 Å². The molecule has 0 fully saturated rings. The van der Waals surface area contributed by atoms with Crippen molar-refractivity contribution in [2.75, 3.05) is 13.2 Å². The molecule has 198 valence electrons. The molecule has 7 heteroatoms. The minimum atomic E-state index is -0.800. The predicted molar refractivity (Wildman–Crippen MR) is 140 cm³/mol. The first-order chi connectivity index (χ1) is 17.0. The second kappa shape index (κ2) is 20.9. The zero-order valence-electron chi connectivity index (χ0n) is 21.5. The van der Waals surface area contributed by atoms with Crippen molar-refractivity contribution in [3.05, 3.63) is 46.5 Å². The van der Waals surface area contributed by atoms with Crippen molar-refractivity contribution in [3.63, 3.8) is 0 Å². The lowest BCUT2D eigenvalue weighted by Gasteiger charge is -2.12. The van der Waals surface area contributed by atoms with Crippen molar-refractivity contribution in [2.45, 2.75) is 109 Å². The molecule has 0 saturated heterocycles. The van der Waals surface area contributed by atoms with Crippen LogP contribution >= 0.6 is 0 Å². The summed E-state index contributed by atoms with van der Waals surface area (Å²) in [4.78, 5) is 22.0. The smallest absolute Gasteiger partial charge is 0.305 e. The average molecular weight is 492 g/mol. The van der Waals surface area contributed by atoms with E-state index in [0.29, 0.717) is 18.6 Å². The number of benzene rings is 1. The normalized spacial score (nSPS) is 12.1. The van der Waals surface area contributed by atoms with Crippen molar-refractivity contribution in [1.29, 1.82) is 0 Å². The number of esters is 1. The van der Waals surface area contributed by atoms with Gasteiger partial charge in [0.1, 0.15) is 12.4 Å². The zero-order chi connectivity index (χ0) is 25.6. The van der Waals surface area contributed by atoms with E-state index in [2.05, 4.69) is 19.1 Å². The molecule has 1 aromatic carbocycles. The molecule has 0 bridgehead atoms. The Kier molecular flexibility index (Phi) is 18.3. The second-order valence-electron chi connectivity index (χ2n) is 9.06. The maximum atomic E-state index is 11.8. The molecule has 0 aliphatic heterocycles. The maximum Gasteiger partial charge on any atom is 0.305 e. The molecular weight excluding hydrogens is 446 g/mol. The molecule has 0 radical (unpaired) electrons. The Morgan fingerprint density at radius 3 is 2.11 bits per heavy atom. The van der Waals surface area contributed by atoms with E-state index in [9.17, 15) is 20.0 Å². The number of hydrogen-bond donors (Lipinski definition) is 1. The fourth-order valence-electron chi connectivity index (χ4n) is 3.66. The summed E-state index contributed by atoms with van der Waals surface area (Å²) >= 11 is 0. The molecule has 1 rings (SSSR count). The molecule has 0 aromatic heterocycles. The summed E-state index contributed by atoms with van der Waals surface area (Å²) in [6.07, 6.45) is 20.3. The SMILES string of the molecule is CCCCCCCC/C=C\CCCCCCCC(=O)OCC(O)CCOc1ccc([N+](=O)[O-])cc1. The van der Waals surface area contributed by atoms with Crippen molar-refractivity contribution in [1.82, 2.24) is 0 Å². The Morgan fingerprint density at radius 1 is 0.943 bits per heavy atom. The van der Waals surface area contributed by atoms with Gasteiger partial charge in [-0.25, -0.2) is 0 Å². The number of nitro benzene ring substituents is 1. The van der Waals surface area contributed by atoms with Crippen LogP contribution in [0.15, 0.2) is 36.4 Å². The molecule has 7 nitrogen and oxygen atoms in total. The lowest BCUT2D eigenvalue weighted by molar-refractivity contribution is -0.384. The van der Waals surface area contributed by atoms with Crippen molar-refractivity contribution in [2.24, 2.45) is 0 Å². The van der Waals surface area contributed by atoms with Gasteiger partial charge in [0, 0.05) is 25.0 Å². The number of non-ortho nitro benzene ring substituents is 1. The third-order valence-corrected chi connectivity index (χ3v) is 5.85. The standard InChI is InChI=1S/C28H45NO6/c1-2-3-4-5-6-7-8-9-10-11-12-13-14-15-16-17-28(31)35-24-26(30)22-23-34-27-20-18-25(19-21-27)29(32)33/h9-10,18-21,26,30H,2-8,11-17,22-24H2,1H3/b10-9-. The van der Waals surface area contributed by atoms with Gasteiger partial charge in [0.05, 0.1) is 17.6 Å². The first-order valence-corrected chi connectivity index (χ1v) is 13.4.